The molecule has 5 nitrogen and oxygen atoms in total. The zero-order valence-electron chi connectivity index (χ0n) is 11.0. The molecular weight excluding hydrogens is 274 g/mol. The number of rotatable bonds is 5. The lowest BCUT2D eigenvalue weighted by molar-refractivity contribution is 0.825. The average Bonchev–Trinajstić information content (AvgIpc) is 2.48. The Morgan fingerprint density at radius 2 is 2.10 bits per heavy atom. The molecule has 20 heavy (non-hydrogen) atoms. The van der Waals surface area contributed by atoms with Gasteiger partial charge in [0.25, 0.3) is 0 Å². The highest BCUT2D eigenvalue weighted by Gasteiger charge is 1.96. The number of hydrogen-bond donors (Lipinski definition) is 2. The lowest BCUT2D eigenvalue weighted by Crippen LogP contribution is -2.33. The summed E-state index contributed by atoms with van der Waals surface area (Å²) in [5.74, 6) is 0.401. The highest BCUT2D eigenvalue weighted by molar-refractivity contribution is 6.30. The molecule has 0 aliphatic heterocycles. The largest absolute Gasteiger partial charge is 0.370 e. The van der Waals surface area contributed by atoms with Crippen LogP contribution in [0, 0.1) is 0 Å². The fourth-order valence-corrected chi connectivity index (χ4v) is 1.70. The van der Waals surface area contributed by atoms with Gasteiger partial charge in [0.2, 0.25) is 0 Å². The van der Waals surface area contributed by atoms with Crippen molar-refractivity contribution in [2.75, 3.05) is 6.54 Å². The molecule has 0 aromatic carbocycles. The van der Waals surface area contributed by atoms with E-state index in [0.717, 1.165) is 17.8 Å². The molecule has 2 aromatic rings. The van der Waals surface area contributed by atoms with Crippen molar-refractivity contribution in [2.24, 2.45) is 10.7 Å². The predicted molar refractivity (Wildman–Crippen MR) is 80.5 cm³/mol. The normalized spacial score (nSPS) is 11.3. The van der Waals surface area contributed by atoms with Crippen molar-refractivity contribution >= 4 is 17.6 Å². The van der Waals surface area contributed by atoms with Crippen LogP contribution >= 0.6 is 11.6 Å². The maximum atomic E-state index is 5.78. The van der Waals surface area contributed by atoms with Crippen LogP contribution in [0.5, 0.6) is 0 Å². The highest BCUT2D eigenvalue weighted by Crippen LogP contribution is 2.06. The van der Waals surface area contributed by atoms with Gasteiger partial charge in [0.15, 0.2) is 5.96 Å². The third-order valence-corrected chi connectivity index (χ3v) is 2.84. The molecule has 0 aliphatic carbocycles. The van der Waals surface area contributed by atoms with Gasteiger partial charge in [-0.3, -0.25) is 9.97 Å². The summed E-state index contributed by atoms with van der Waals surface area (Å²) in [6.45, 7) is 1.12. The quantitative estimate of drug-likeness (QED) is 0.650. The number of nitrogens with one attached hydrogen (secondary N) is 1. The van der Waals surface area contributed by atoms with E-state index in [2.05, 4.69) is 20.3 Å². The van der Waals surface area contributed by atoms with Gasteiger partial charge in [-0.15, -0.1) is 0 Å². The van der Waals surface area contributed by atoms with Gasteiger partial charge in [0.1, 0.15) is 0 Å². The first kappa shape index (κ1) is 14.3. The minimum absolute atomic E-state index is 0.401. The molecule has 104 valence electrons. The smallest absolute Gasteiger partial charge is 0.188 e. The van der Waals surface area contributed by atoms with Gasteiger partial charge in [0, 0.05) is 31.1 Å². The number of pyridine rings is 2. The number of guanidine groups is 1. The molecule has 0 spiro atoms. The van der Waals surface area contributed by atoms with Gasteiger partial charge in [-0.1, -0.05) is 17.7 Å². The highest BCUT2D eigenvalue weighted by atomic mass is 35.5. The maximum absolute atomic E-state index is 5.78. The Kier molecular flexibility index (Phi) is 5.32. The van der Waals surface area contributed by atoms with Crippen molar-refractivity contribution in [1.82, 2.24) is 15.3 Å². The molecular formula is C14H16ClN5. The third kappa shape index (κ3) is 4.85. The Morgan fingerprint density at radius 1 is 1.20 bits per heavy atom. The molecule has 0 radical (unpaired) electrons. The van der Waals surface area contributed by atoms with Crippen LogP contribution in [0.25, 0.3) is 0 Å². The molecule has 0 bridgehead atoms. The summed E-state index contributed by atoms with van der Waals surface area (Å²) < 4.78 is 0. The van der Waals surface area contributed by atoms with Crippen molar-refractivity contribution in [3.05, 3.63) is 59.1 Å². The summed E-state index contributed by atoms with van der Waals surface area (Å²) in [6, 6.07) is 9.45. The van der Waals surface area contributed by atoms with E-state index >= 15 is 0 Å². The lowest BCUT2D eigenvalue weighted by Gasteiger charge is -2.05. The van der Waals surface area contributed by atoms with Crippen LogP contribution in [0.15, 0.2) is 47.7 Å². The molecule has 0 aliphatic rings. The summed E-state index contributed by atoms with van der Waals surface area (Å²) in [5.41, 5.74) is 7.62. The first-order valence-corrected chi connectivity index (χ1v) is 6.66. The second kappa shape index (κ2) is 7.45. The van der Waals surface area contributed by atoms with Gasteiger partial charge < -0.3 is 11.1 Å². The Hall–Kier alpha value is -2.14. The van der Waals surface area contributed by atoms with Crippen LogP contribution in [-0.4, -0.2) is 22.5 Å². The van der Waals surface area contributed by atoms with Crippen molar-refractivity contribution in [3.8, 4) is 0 Å². The van der Waals surface area contributed by atoms with E-state index in [1.165, 1.54) is 0 Å². The van der Waals surface area contributed by atoms with Gasteiger partial charge in [-0.2, -0.15) is 0 Å². The fraction of sp³-hybridized carbons (Fsp3) is 0.214. The SMILES string of the molecule is NC(=NCc1ccc(Cl)cn1)NCCc1ccccn1. The molecule has 3 N–H and O–H groups in total. The molecule has 0 saturated carbocycles. The predicted octanol–water partition coefficient (Wildman–Crippen LogP) is 1.78. The van der Waals surface area contributed by atoms with Gasteiger partial charge in [-0.05, 0) is 24.3 Å². The Labute approximate surface area is 122 Å². The monoisotopic (exact) mass is 289 g/mol. The van der Waals surface area contributed by atoms with E-state index in [4.69, 9.17) is 17.3 Å². The van der Waals surface area contributed by atoms with Crippen LogP contribution in [0.4, 0.5) is 0 Å². The van der Waals surface area contributed by atoms with Gasteiger partial charge in [-0.25, -0.2) is 4.99 Å². The Bertz CT molecular complexity index is 554. The topological polar surface area (TPSA) is 76.2 Å². The Morgan fingerprint density at radius 3 is 2.80 bits per heavy atom. The summed E-state index contributed by atoms with van der Waals surface area (Å²) >= 11 is 5.76. The number of halogens is 1. The zero-order chi connectivity index (χ0) is 14.2. The molecule has 0 unspecified atom stereocenters. The third-order valence-electron chi connectivity index (χ3n) is 2.61. The average molecular weight is 290 g/mol. The summed E-state index contributed by atoms with van der Waals surface area (Å²) in [7, 11) is 0. The number of aromatic nitrogens is 2. The van der Waals surface area contributed by atoms with E-state index < -0.39 is 0 Å². The van der Waals surface area contributed by atoms with Crippen LogP contribution in [0.1, 0.15) is 11.4 Å². The van der Waals surface area contributed by atoms with E-state index in [1.54, 1.807) is 18.5 Å². The maximum Gasteiger partial charge on any atom is 0.188 e. The van der Waals surface area contributed by atoms with Gasteiger partial charge >= 0.3 is 0 Å². The van der Waals surface area contributed by atoms with E-state index in [0.29, 0.717) is 24.1 Å². The van der Waals surface area contributed by atoms with Crippen LogP contribution in [-0.2, 0) is 13.0 Å². The van der Waals surface area contributed by atoms with Crippen molar-refractivity contribution in [2.45, 2.75) is 13.0 Å². The van der Waals surface area contributed by atoms with Crippen molar-refractivity contribution in [1.29, 1.82) is 0 Å². The van der Waals surface area contributed by atoms with Gasteiger partial charge in [0.05, 0.1) is 17.3 Å². The van der Waals surface area contributed by atoms with E-state index in [9.17, 15) is 0 Å². The number of nitrogens with zero attached hydrogens (tertiary/aromatic N) is 3. The standard InChI is InChI=1S/C14H16ClN5/c15-11-4-5-13(19-9-11)10-20-14(16)18-8-6-12-3-1-2-7-17-12/h1-5,7,9H,6,8,10H2,(H3,16,18,20). The molecule has 0 saturated heterocycles. The molecule has 0 atom stereocenters. The minimum Gasteiger partial charge on any atom is -0.370 e. The molecule has 0 amide bonds. The van der Waals surface area contributed by atoms with Crippen LogP contribution in [0.3, 0.4) is 0 Å². The van der Waals surface area contributed by atoms with E-state index in [-0.39, 0.29) is 0 Å². The number of aliphatic imine (C=N–C) groups is 1. The fourth-order valence-electron chi connectivity index (χ4n) is 1.59. The van der Waals surface area contributed by atoms with Crippen molar-refractivity contribution < 1.29 is 0 Å². The number of hydrogen-bond acceptors (Lipinski definition) is 3. The van der Waals surface area contributed by atoms with Crippen molar-refractivity contribution in [3.63, 3.8) is 0 Å². The molecule has 2 heterocycles. The lowest BCUT2D eigenvalue weighted by atomic mass is 10.3. The number of nitrogens with two attached hydrogens (primary N) is 1. The molecule has 2 aromatic heterocycles. The second-order valence-electron chi connectivity index (χ2n) is 4.17. The summed E-state index contributed by atoms with van der Waals surface area (Å²) in [5, 5.41) is 3.66. The zero-order valence-corrected chi connectivity index (χ0v) is 11.7. The molecule has 6 heteroatoms. The summed E-state index contributed by atoms with van der Waals surface area (Å²) in [4.78, 5) is 12.6. The minimum atomic E-state index is 0.401. The molecule has 2 rings (SSSR count). The first-order valence-electron chi connectivity index (χ1n) is 6.28. The van der Waals surface area contributed by atoms with Crippen LogP contribution in [0.2, 0.25) is 5.02 Å². The van der Waals surface area contributed by atoms with E-state index in [1.807, 2.05) is 24.3 Å². The molecule has 0 fully saturated rings. The Balaban J connectivity index is 1.75. The summed E-state index contributed by atoms with van der Waals surface area (Å²) in [6.07, 6.45) is 4.17. The van der Waals surface area contributed by atoms with Crippen LogP contribution < -0.4 is 11.1 Å². The first-order chi connectivity index (χ1) is 9.74. The second-order valence-corrected chi connectivity index (χ2v) is 4.60.